The summed E-state index contributed by atoms with van der Waals surface area (Å²) in [5.74, 6) is 1.19. The van der Waals surface area contributed by atoms with E-state index < -0.39 is 0 Å². The van der Waals surface area contributed by atoms with Crippen molar-refractivity contribution in [1.29, 1.82) is 0 Å². The quantitative estimate of drug-likeness (QED) is 0.471. The highest BCUT2D eigenvalue weighted by Crippen LogP contribution is 2.37. The Morgan fingerprint density at radius 1 is 1.10 bits per heavy atom. The van der Waals surface area contributed by atoms with Crippen LogP contribution in [0.2, 0.25) is 0 Å². The molecular weight excluding hydrogens is 454 g/mol. The van der Waals surface area contributed by atoms with Crippen LogP contribution in [-0.2, 0) is 0 Å². The topological polar surface area (TPSA) is 54.9 Å². The Hall–Kier alpha value is -2.16. The predicted molar refractivity (Wildman–Crippen MR) is 122 cm³/mol. The van der Waals surface area contributed by atoms with Gasteiger partial charge >= 0.3 is 0 Å². The Balaban J connectivity index is 2.01. The minimum absolute atomic E-state index is 0.0748. The summed E-state index contributed by atoms with van der Waals surface area (Å²) in [5.41, 5.74) is 1.40. The number of halogens is 1. The molecule has 0 saturated carbocycles. The van der Waals surface area contributed by atoms with E-state index in [-0.39, 0.29) is 5.91 Å². The number of benzene rings is 2. The van der Waals surface area contributed by atoms with Gasteiger partial charge in [0.05, 0.1) is 30.0 Å². The highest BCUT2D eigenvalue weighted by atomic mass is 79.9. The maximum atomic E-state index is 13.4. The molecule has 3 aromatic rings. The van der Waals surface area contributed by atoms with Gasteiger partial charge in [0.1, 0.15) is 0 Å². The van der Waals surface area contributed by atoms with Gasteiger partial charge in [-0.2, -0.15) is 0 Å². The van der Waals surface area contributed by atoms with Crippen molar-refractivity contribution in [2.45, 2.75) is 6.42 Å². The zero-order valence-corrected chi connectivity index (χ0v) is 19.3. The molecule has 2 aromatic carbocycles. The van der Waals surface area contributed by atoms with Gasteiger partial charge in [-0.3, -0.25) is 9.69 Å². The van der Waals surface area contributed by atoms with E-state index in [9.17, 15) is 4.79 Å². The van der Waals surface area contributed by atoms with Crippen LogP contribution in [0.1, 0.15) is 16.8 Å². The van der Waals surface area contributed by atoms with Crippen LogP contribution in [-0.4, -0.2) is 57.2 Å². The highest BCUT2D eigenvalue weighted by molar-refractivity contribution is 9.10. The summed E-state index contributed by atoms with van der Waals surface area (Å²) in [7, 11) is 7.25. The third kappa shape index (κ3) is 4.88. The fraction of sp³-hybridized carbons (Fsp3) is 0.333. The molecule has 0 aliphatic rings. The van der Waals surface area contributed by atoms with E-state index in [1.54, 1.807) is 19.1 Å². The average molecular weight is 478 g/mol. The lowest BCUT2D eigenvalue weighted by Gasteiger charge is -2.21. The van der Waals surface area contributed by atoms with Gasteiger partial charge in [0.25, 0.3) is 5.91 Å². The molecule has 1 amide bonds. The lowest BCUT2D eigenvalue weighted by Crippen LogP contribution is -2.33. The van der Waals surface area contributed by atoms with Gasteiger partial charge in [0.15, 0.2) is 16.6 Å². The molecule has 0 aliphatic heterocycles. The zero-order chi connectivity index (χ0) is 21.0. The predicted octanol–water partition coefficient (Wildman–Crippen LogP) is 4.67. The zero-order valence-electron chi connectivity index (χ0n) is 16.9. The molecule has 0 N–H and O–H groups in total. The van der Waals surface area contributed by atoms with Crippen molar-refractivity contribution in [2.24, 2.45) is 0 Å². The Bertz CT molecular complexity index is 965. The summed E-state index contributed by atoms with van der Waals surface area (Å²) in [6.07, 6.45) is 0.839. The standard InChI is InChI=1S/C21H24BrN3O3S/c1-24(2)10-7-11-25(20(26)14-8-5-6-9-15(14)22)21-23-16-12-17(27-3)18(28-4)13-19(16)29-21/h5-6,8-9,12-13H,7,10-11H2,1-4H3. The van der Waals surface area contributed by atoms with E-state index in [1.165, 1.54) is 11.3 Å². The summed E-state index contributed by atoms with van der Waals surface area (Å²) < 4.78 is 12.5. The average Bonchev–Trinajstić information content (AvgIpc) is 3.12. The van der Waals surface area contributed by atoms with Crippen LogP contribution in [0.3, 0.4) is 0 Å². The lowest BCUT2D eigenvalue weighted by atomic mass is 10.2. The van der Waals surface area contributed by atoms with Crippen molar-refractivity contribution in [2.75, 3.05) is 46.3 Å². The Labute approximate surface area is 183 Å². The van der Waals surface area contributed by atoms with Crippen LogP contribution < -0.4 is 14.4 Å². The lowest BCUT2D eigenvalue weighted by molar-refractivity contribution is 0.0985. The molecule has 0 saturated heterocycles. The molecule has 1 heterocycles. The minimum Gasteiger partial charge on any atom is -0.493 e. The van der Waals surface area contributed by atoms with E-state index in [1.807, 2.05) is 50.5 Å². The van der Waals surface area contributed by atoms with Crippen LogP contribution in [0.15, 0.2) is 40.9 Å². The summed E-state index contributed by atoms with van der Waals surface area (Å²) in [5, 5.41) is 0.662. The second kappa shape index (κ2) is 9.56. The molecular formula is C21H24BrN3O3S. The van der Waals surface area contributed by atoms with Crippen LogP contribution in [0.4, 0.5) is 5.13 Å². The van der Waals surface area contributed by atoms with Crippen molar-refractivity contribution in [3.63, 3.8) is 0 Å². The molecule has 6 nitrogen and oxygen atoms in total. The molecule has 8 heteroatoms. The second-order valence-electron chi connectivity index (χ2n) is 6.76. The van der Waals surface area contributed by atoms with E-state index in [0.29, 0.717) is 28.7 Å². The number of carbonyl (C=O) groups is 1. The van der Waals surface area contributed by atoms with Crippen LogP contribution in [0, 0.1) is 0 Å². The number of rotatable bonds is 8. The van der Waals surface area contributed by atoms with Gasteiger partial charge in [-0.25, -0.2) is 4.98 Å². The molecule has 0 fully saturated rings. The molecule has 29 heavy (non-hydrogen) atoms. The van der Waals surface area contributed by atoms with Crippen molar-refractivity contribution in [3.05, 3.63) is 46.4 Å². The van der Waals surface area contributed by atoms with E-state index >= 15 is 0 Å². The molecule has 0 unspecified atom stereocenters. The van der Waals surface area contributed by atoms with Crippen molar-refractivity contribution in [3.8, 4) is 11.5 Å². The summed E-state index contributed by atoms with van der Waals surface area (Å²) in [6, 6.07) is 11.2. The maximum Gasteiger partial charge on any atom is 0.261 e. The first kappa shape index (κ1) is 21.5. The van der Waals surface area contributed by atoms with Gasteiger partial charge in [0.2, 0.25) is 0 Å². The molecule has 0 radical (unpaired) electrons. The molecule has 0 bridgehead atoms. The Morgan fingerprint density at radius 3 is 2.45 bits per heavy atom. The Morgan fingerprint density at radius 2 is 1.79 bits per heavy atom. The van der Waals surface area contributed by atoms with E-state index in [4.69, 9.17) is 14.5 Å². The number of methoxy groups -OCH3 is 2. The van der Waals surface area contributed by atoms with Crippen molar-refractivity contribution >= 4 is 48.5 Å². The van der Waals surface area contributed by atoms with Crippen LogP contribution in [0.5, 0.6) is 11.5 Å². The van der Waals surface area contributed by atoms with Crippen molar-refractivity contribution in [1.82, 2.24) is 9.88 Å². The summed E-state index contributed by atoms with van der Waals surface area (Å²) in [4.78, 5) is 22.0. The highest BCUT2D eigenvalue weighted by Gasteiger charge is 2.23. The first-order valence-corrected chi connectivity index (χ1v) is 10.8. The number of nitrogens with zero attached hydrogens (tertiary/aromatic N) is 3. The number of hydrogen-bond acceptors (Lipinski definition) is 6. The number of anilines is 1. The summed E-state index contributed by atoms with van der Waals surface area (Å²) >= 11 is 4.97. The normalized spacial score (nSPS) is 11.1. The summed E-state index contributed by atoms with van der Waals surface area (Å²) in [6.45, 7) is 1.46. The second-order valence-corrected chi connectivity index (χ2v) is 8.63. The molecule has 0 atom stereocenters. The SMILES string of the molecule is COc1cc2nc(N(CCCN(C)C)C(=O)c3ccccc3Br)sc2cc1OC. The molecule has 0 spiro atoms. The van der Waals surface area contributed by atoms with Gasteiger partial charge in [-0.05, 0) is 55.1 Å². The van der Waals surface area contributed by atoms with E-state index in [0.717, 1.165) is 27.7 Å². The fourth-order valence-corrected chi connectivity index (χ4v) is 4.42. The van der Waals surface area contributed by atoms with Gasteiger partial charge in [0, 0.05) is 23.2 Å². The first-order valence-electron chi connectivity index (χ1n) is 9.18. The first-order chi connectivity index (χ1) is 13.9. The number of ether oxygens (including phenoxy) is 2. The molecule has 0 aliphatic carbocycles. The number of amides is 1. The maximum absolute atomic E-state index is 13.4. The smallest absolute Gasteiger partial charge is 0.261 e. The third-order valence-corrected chi connectivity index (χ3v) is 6.18. The van der Waals surface area contributed by atoms with Gasteiger partial charge < -0.3 is 14.4 Å². The number of carbonyl (C=O) groups excluding carboxylic acids is 1. The minimum atomic E-state index is -0.0748. The van der Waals surface area contributed by atoms with Gasteiger partial charge in [-0.15, -0.1) is 0 Å². The van der Waals surface area contributed by atoms with E-state index in [2.05, 4.69) is 20.8 Å². The monoisotopic (exact) mass is 477 g/mol. The number of fused-ring (bicyclic) bond motifs is 1. The third-order valence-electron chi connectivity index (χ3n) is 4.45. The molecule has 154 valence electrons. The van der Waals surface area contributed by atoms with Crippen LogP contribution in [0.25, 0.3) is 10.2 Å². The van der Waals surface area contributed by atoms with Crippen molar-refractivity contribution < 1.29 is 14.3 Å². The number of hydrogen-bond donors (Lipinski definition) is 0. The Kier molecular flexibility index (Phi) is 7.10. The number of thiazole rings is 1. The fourth-order valence-electron chi connectivity index (χ4n) is 2.97. The molecule has 1 aromatic heterocycles. The molecule has 3 rings (SSSR count). The van der Waals surface area contributed by atoms with Gasteiger partial charge in [-0.1, -0.05) is 23.5 Å². The number of aromatic nitrogens is 1. The largest absolute Gasteiger partial charge is 0.493 e. The van der Waals surface area contributed by atoms with Crippen LogP contribution >= 0.6 is 27.3 Å².